The summed E-state index contributed by atoms with van der Waals surface area (Å²) in [5, 5.41) is 7.01. The second-order valence-corrected chi connectivity index (χ2v) is 10.2. The number of halogens is 1. The summed E-state index contributed by atoms with van der Waals surface area (Å²) in [4.78, 5) is 24.4. The molecule has 0 aliphatic carbocycles. The number of nitrogens with one attached hydrogen (secondary N) is 2. The van der Waals surface area contributed by atoms with Gasteiger partial charge in [-0.2, -0.15) is 9.78 Å². The molecule has 1 aromatic heterocycles. The third-order valence-electron chi connectivity index (χ3n) is 5.46. The smallest absolute Gasteiger partial charge is 0.263 e. The fourth-order valence-electron chi connectivity index (χ4n) is 3.70. The highest BCUT2D eigenvalue weighted by Gasteiger charge is 2.27. The topological polar surface area (TPSA) is 110 Å². The molecule has 8 nitrogen and oxygen atoms in total. The van der Waals surface area contributed by atoms with E-state index in [2.05, 4.69) is 29.0 Å². The first kappa shape index (κ1) is 23.0. The first-order valence-electron chi connectivity index (χ1n) is 10.4. The van der Waals surface area contributed by atoms with Gasteiger partial charge in [0.05, 0.1) is 10.7 Å². The van der Waals surface area contributed by atoms with Gasteiger partial charge in [-0.15, -0.1) is 0 Å². The monoisotopic (exact) mass is 486 g/mol. The number of carbonyl (C=O) groups excluding carboxylic acids is 2. The average Bonchev–Trinajstić information content (AvgIpc) is 3.01. The number of nitrogens with zero attached hydrogens (tertiary/aromatic N) is 2. The predicted molar refractivity (Wildman–Crippen MR) is 127 cm³/mol. The summed E-state index contributed by atoms with van der Waals surface area (Å²) < 4.78 is 30.0. The van der Waals surface area contributed by atoms with Crippen molar-refractivity contribution in [2.45, 2.75) is 44.4 Å². The van der Waals surface area contributed by atoms with Crippen LogP contribution in [0.4, 0.5) is 11.5 Å². The minimum atomic E-state index is -4.02. The maximum atomic E-state index is 13.2. The number of hydrogen-bond acceptors (Lipinski definition) is 5. The van der Waals surface area contributed by atoms with Gasteiger partial charge >= 0.3 is 0 Å². The number of hydrogen-bond donors (Lipinski definition) is 2. The van der Waals surface area contributed by atoms with Crippen LogP contribution in [0.3, 0.4) is 0 Å². The van der Waals surface area contributed by atoms with Gasteiger partial charge in [0.15, 0.2) is 0 Å². The van der Waals surface area contributed by atoms with Gasteiger partial charge in [-0.1, -0.05) is 43.6 Å². The molecule has 2 heterocycles. The van der Waals surface area contributed by atoms with E-state index in [1.54, 1.807) is 25.1 Å². The van der Waals surface area contributed by atoms with E-state index in [1.807, 2.05) is 12.1 Å². The van der Waals surface area contributed by atoms with Gasteiger partial charge in [0.2, 0.25) is 11.8 Å². The zero-order valence-corrected chi connectivity index (χ0v) is 19.9. The van der Waals surface area contributed by atoms with Crippen LogP contribution in [-0.2, 0) is 14.8 Å². The number of rotatable bonds is 5. The number of aryl methyl sites for hydroxylation is 1. The Morgan fingerprint density at radius 3 is 2.45 bits per heavy atom. The summed E-state index contributed by atoms with van der Waals surface area (Å²) in [5.41, 5.74) is 2.90. The van der Waals surface area contributed by atoms with E-state index in [0.29, 0.717) is 28.4 Å². The number of aromatic nitrogens is 2. The Hall–Kier alpha value is -3.17. The number of amides is 1. The van der Waals surface area contributed by atoms with Gasteiger partial charge in [0.25, 0.3) is 10.0 Å². The van der Waals surface area contributed by atoms with Crippen molar-refractivity contribution in [2.75, 3.05) is 10.0 Å². The number of fused-ring (bicyclic) bond motifs is 1. The molecule has 0 saturated heterocycles. The van der Waals surface area contributed by atoms with Crippen molar-refractivity contribution >= 4 is 44.9 Å². The molecule has 172 valence electrons. The Kier molecular flexibility index (Phi) is 6.02. The van der Waals surface area contributed by atoms with Crippen LogP contribution in [0.1, 0.15) is 48.7 Å². The molecular formula is C23H23ClN4O4S. The first-order chi connectivity index (χ1) is 15.6. The number of carbonyl (C=O) groups is 2. The lowest BCUT2D eigenvalue weighted by molar-refractivity contribution is -0.116. The first-order valence-corrected chi connectivity index (χ1v) is 12.3. The molecule has 2 aromatic carbocycles. The van der Waals surface area contributed by atoms with Gasteiger partial charge in [0, 0.05) is 24.1 Å². The highest BCUT2D eigenvalue weighted by atomic mass is 35.5. The zero-order chi connectivity index (χ0) is 23.9. The minimum Gasteiger partial charge on any atom is -0.310 e. The fraction of sp³-hybridized carbons (Fsp3) is 0.261. The third-order valence-corrected chi connectivity index (χ3v) is 7.32. The van der Waals surface area contributed by atoms with Crippen molar-refractivity contribution in [2.24, 2.45) is 0 Å². The molecule has 4 rings (SSSR count). The Morgan fingerprint density at radius 2 is 1.79 bits per heavy atom. The van der Waals surface area contributed by atoms with E-state index < -0.39 is 10.0 Å². The average molecular weight is 487 g/mol. The third kappa shape index (κ3) is 4.51. The molecule has 1 amide bonds. The van der Waals surface area contributed by atoms with Gasteiger partial charge in [-0.05, 0) is 48.2 Å². The van der Waals surface area contributed by atoms with E-state index in [-0.39, 0.29) is 40.4 Å². The second kappa shape index (κ2) is 8.64. The van der Waals surface area contributed by atoms with Crippen LogP contribution in [-0.4, -0.2) is 30.0 Å². The highest BCUT2D eigenvalue weighted by Crippen LogP contribution is 2.36. The summed E-state index contributed by atoms with van der Waals surface area (Å²) in [6.07, 6.45) is 0.0968. The number of benzene rings is 2. The molecule has 2 N–H and O–H groups in total. The van der Waals surface area contributed by atoms with Crippen molar-refractivity contribution in [1.29, 1.82) is 0 Å². The standard InChI is InChI=1S/C23H23ClN4O4S/c1-13(2)15-4-7-17(8-5-15)27-33(31,32)19-12-16(6-9-18(19)24)22-14(3)26-28-21(30)11-10-20(29)25-23(22)28/h4-9,12-13,27H,10-11H2,1-3H3,(H,25,29). The molecule has 10 heteroatoms. The Bertz CT molecular complexity index is 1360. The number of anilines is 2. The van der Waals surface area contributed by atoms with Crippen LogP contribution in [0.5, 0.6) is 0 Å². The van der Waals surface area contributed by atoms with Crippen LogP contribution in [0.2, 0.25) is 5.02 Å². The van der Waals surface area contributed by atoms with Crippen molar-refractivity contribution < 1.29 is 18.0 Å². The second-order valence-electron chi connectivity index (χ2n) is 8.19. The predicted octanol–water partition coefficient (Wildman–Crippen LogP) is 4.81. The van der Waals surface area contributed by atoms with Gasteiger partial charge in [-0.25, -0.2) is 8.42 Å². The lowest BCUT2D eigenvalue weighted by atomic mass is 10.0. The molecule has 3 aromatic rings. The van der Waals surface area contributed by atoms with Gasteiger partial charge in [-0.3, -0.25) is 14.3 Å². The van der Waals surface area contributed by atoms with Crippen LogP contribution >= 0.6 is 11.6 Å². The molecule has 1 aliphatic heterocycles. The highest BCUT2D eigenvalue weighted by molar-refractivity contribution is 7.92. The minimum absolute atomic E-state index is 0.0408. The van der Waals surface area contributed by atoms with Crippen molar-refractivity contribution in [3.05, 3.63) is 58.7 Å². The van der Waals surface area contributed by atoms with Gasteiger partial charge in [0.1, 0.15) is 10.7 Å². The SMILES string of the molecule is Cc1nn2c(c1-c1ccc(Cl)c(S(=O)(=O)Nc3ccc(C(C)C)cc3)c1)NC(=O)CCC2=O. The molecule has 0 saturated carbocycles. The molecular weight excluding hydrogens is 464 g/mol. The van der Waals surface area contributed by atoms with E-state index >= 15 is 0 Å². The fourth-order valence-corrected chi connectivity index (χ4v) is 5.29. The molecule has 0 spiro atoms. The van der Waals surface area contributed by atoms with Crippen LogP contribution in [0, 0.1) is 6.92 Å². The van der Waals surface area contributed by atoms with Crippen molar-refractivity contribution in [3.8, 4) is 11.1 Å². The molecule has 0 radical (unpaired) electrons. The Balaban J connectivity index is 1.75. The van der Waals surface area contributed by atoms with Crippen molar-refractivity contribution in [3.63, 3.8) is 0 Å². The van der Waals surface area contributed by atoms with Gasteiger partial charge < -0.3 is 5.32 Å². The Morgan fingerprint density at radius 1 is 1.09 bits per heavy atom. The molecule has 0 fully saturated rings. The molecule has 33 heavy (non-hydrogen) atoms. The lowest BCUT2D eigenvalue weighted by Crippen LogP contribution is -2.14. The van der Waals surface area contributed by atoms with Crippen LogP contribution < -0.4 is 10.0 Å². The summed E-state index contributed by atoms with van der Waals surface area (Å²) in [6, 6.07) is 11.7. The largest absolute Gasteiger partial charge is 0.310 e. The van der Waals surface area contributed by atoms with E-state index in [0.717, 1.165) is 10.2 Å². The van der Waals surface area contributed by atoms with Crippen LogP contribution in [0.15, 0.2) is 47.4 Å². The molecule has 1 aliphatic rings. The van der Waals surface area contributed by atoms with Crippen LogP contribution in [0.25, 0.3) is 11.1 Å². The summed E-state index contributed by atoms with van der Waals surface area (Å²) >= 11 is 6.27. The molecule has 0 bridgehead atoms. The summed E-state index contributed by atoms with van der Waals surface area (Å²) in [7, 11) is -4.02. The summed E-state index contributed by atoms with van der Waals surface area (Å²) in [6.45, 7) is 5.80. The lowest BCUT2D eigenvalue weighted by Gasteiger charge is -2.13. The quantitative estimate of drug-likeness (QED) is 0.537. The molecule has 0 atom stereocenters. The number of sulfonamides is 1. The maximum Gasteiger partial charge on any atom is 0.263 e. The molecule has 0 unspecified atom stereocenters. The Labute approximate surface area is 197 Å². The van der Waals surface area contributed by atoms with E-state index in [9.17, 15) is 18.0 Å². The van der Waals surface area contributed by atoms with Crippen molar-refractivity contribution in [1.82, 2.24) is 9.78 Å². The van der Waals surface area contributed by atoms with E-state index in [1.165, 1.54) is 12.1 Å². The summed E-state index contributed by atoms with van der Waals surface area (Å²) in [5.74, 6) is -0.0750. The van der Waals surface area contributed by atoms with E-state index in [4.69, 9.17) is 11.6 Å². The maximum absolute atomic E-state index is 13.2. The zero-order valence-electron chi connectivity index (χ0n) is 18.3. The normalized spacial score (nSPS) is 14.1.